The van der Waals surface area contributed by atoms with Crippen molar-refractivity contribution in [1.82, 2.24) is 15.5 Å². The van der Waals surface area contributed by atoms with E-state index in [4.69, 9.17) is 0 Å². The Balaban J connectivity index is 1.83. The highest BCUT2D eigenvalue weighted by molar-refractivity contribution is 5.82. The van der Waals surface area contributed by atoms with Crippen molar-refractivity contribution in [3.63, 3.8) is 0 Å². The van der Waals surface area contributed by atoms with Crippen LogP contribution >= 0.6 is 0 Å². The van der Waals surface area contributed by atoms with Gasteiger partial charge in [-0.3, -0.25) is 4.79 Å². The van der Waals surface area contributed by atoms with E-state index in [1.54, 1.807) is 0 Å². The third-order valence-electron chi connectivity index (χ3n) is 4.84. The second kappa shape index (κ2) is 6.71. The summed E-state index contributed by atoms with van der Waals surface area (Å²) in [6, 6.07) is 0.387. The van der Waals surface area contributed by atoms with Crippen molar-refractivity contribution in [2.75, 3.05) is 26.7 Å². The van der Waals surface area contributed by atoms with Gasteiger partial charge in [0, 0.05) is 12.6 Å². The normalized spacial score (nSPS) is 37.0. The van der Waals surface area contributed by atoms with E-state index in [-0.39, 0.29) is 11.9 Å². The SMILES string of the molecule is CCC1CCNC(C(=O)NC2CCN(C)CC2C)C1. The predicted octanol–water partition coefficient (Wildman–Crippen LogP) is 1.22. The summed E-state index contributed by atoms with van der Waals surface area (Å²) < 4.78 is 0. The molecular weight excluding hydrogens is 238 g/mol. The molecule has 110 valence electrons. The van der Waals surface area contributed by atoms with Gasteiger partial charge in [0.05, 0.1) is 6.04 Å². The zero-order valence-electron chi connectivity index (χ0n) is 12.6. The summed E-state index contributed by atoms with van der Waals surface area (Å²) in [6.45, 7) is 7.62. The summed E-state index contributed by atoms with van der Waals surface area (Å²) in [5.74, 6) is 1.49. The molecule has 0 aromatic rings. The molecule has 1 amide bonds. The third kappa shape index (κ3) is 3.93. The number of likely N-dealkylation sites (tertiary alicyclic amines) is 1. The van der Waals surface area contributed by atoms with Crippen molar-refractivity contribution in [1.29, 1.82) is 0 Å². The standard InChI is InChI=1S/C15H29N3O/c1-4-12-5-7-16-14(9-12)15(19)17-13-6-8-18(3)10-11(13)2/h11-14,16H,4-10H2,1-3H3,(H,17,19). The van der Waals surface area contributed by atoms with Gasteiger partial charge in [0.2, 0.25) is 5.91 Å². The maximum Gasteiger partial charge on any atom is 0.237 e. The van der Waals surface area contributed by atoms with Gasteiger partial charge < -0.3 is 15.5 Å². The number of carbonyl (C=O) groups excluding carboxylic acids is 1. The number of amides is 1. The Morgan fingerprint density at radius 2 is 2.21 bits per heavy atom. The second-order valence-electron chi connectivity index (χ2n) is 6.45. The molecule has 0 aromatic heterocycles. The van der Waals surface area contributed by atoms with Gasteiger partial charge in [0.1, 0.15) is 0 Å². The molecule has 2 aliphatic rings. The fraction of sp³-hybridized carbons (Fsp3) is 0.933. The van der Waals surface area contributed by atoms with E-state index in [0.29, 0.717) is 17.9 Å². The number of hydrogen-bond donors (Lipinski definition) is 2. The van der Waals surface area contributed by atoms with E-state index in [1.165, 1.54) is 12.8 Å². The molecule has 19 heavy (non-hydrogen) atoms. The van der Waals surface area contributed by atoms with Gasteiger partial charge in [-0.1, -0.05) is 20.3 Å². The zero-order chi connectivity index (χ0) is 13.8. The van der Waals surface area contributed by atoms with Crippen LogP contribution in [0.25, 0.3) is 0 Å². The van der Waals surface area contributed by atoms with Crippen LogP contribution in [0.1, 0.15) is 39.5 Å². The first-order chi connectivity index (χ1) is 9.10. The van der Waals surface area contributed by atoms with E-state index in [9.17, 15) is 4.79 Å². The van der Waals surface area contributed by atoms with E-state index in [2.05, 4.69) is 36.4 Å². The Labute approximate surface area is 117 Å². The van der Waals surface area contributed by atoms with E-state index in [0.717, 1.165) is 32.5 Å². The quantitative estimate of drug-likeness (QED) is 0.808. The Bertz CT molecular complexity index is 308. The van der Waals surface area contributed by atoms with Crippen LogP contribution in [0.3, 0.4) is 0 Å². The Hall–Kier alpha value is -0.610. The molecule has 2 aliphatic heterocycles. The average Bonchev–Trinajstić information content (AvgIpc) is 2.42. The number of nitrogens with zero attached hydrogens (tertiary/aromatic N) is 1. The highest BCUT2D eigenvalue weighted by Crippen LogP contribution is 2.20. The molecular formula is C15H29N3O. The van der Waals surface area contributed by atoms with Gasteiger partial charge in [-0.2, -0.15) is 0 Å². The molecule has 4 atom stereocenters. The molecule has 0 spiro atoms. The molecule has 4 nitrogen and oxygen atoms in total. The monoisotopic (exact) mass is 267 g/mol. The molecule has 0 saturated carbocycles. The van der Waals surface area contributed by atoms with Crippen molar-refractivity contribution in [3.05, 3.63) is 0 Å². The predicted molar refractivity (Wildman–Crippen MR) is 78.0 cm³/mol. The molecule has 4 heteroatoms. The molecule has 0 bridgehead atoms. The van der Waals surface area contributed by atoms with Crippen LogP contribution in [0.5, 0.6) is 0 Å². The molecule has 0 radical (unpaired) electrons. The largest absolute Gasteiger partial charge is 0.352 e. The number of carbonyl (C=O) groups is 1. The van der Waals surface area contributed by atoms with Crippen LogP contribution in [-0.4, -0.2) is 49.6 Å². The molecule has 2 fully saturated rings. The lowest BCUT2D eigenvalue weighted by Crippen LogP contribution is -2.55. The maximum absolute atomic E-state index is 12.4. The van der Waals surface area contributed by atoms with E-state index >= 15 is 0 Å². The Morgan fingerprint density at radius 1 is 1.42 bits per heavy atom. The fourth-order valence-electron chi connectivity index (χ4n) is 3.42. The smallest absolute Gasteiger partial charge is 0.237 e. The second-order valence-corrected chi connectivity index (χ2v) is 6.45. The van der Waals surface area contributed by atoms with E-state index < -0.39 is 0 Å². The number of rotatable bonds is 3. The number of hydrogen-bond acceptors (Lipinski definition) is 3. The van der Waals surface area contributed by atoms with Gasteiger partial charge in [-0.05, 0) is 51.2 Å². The van der Waals surface area contributed by atoms with Crippen molar-refractivity contribution in [2.24, 2.45) is 11.8 Å². The third-order valence-corrected chi connectivity index (χ3v) is 4.84. The van der Waals surface area contributed by atoms with Crippen molar-refractivity contribution < 1.29 is 4.79 Å². The fourth-order valence-corrected chi connectivity index (χ4v) is 3.42. The van der Waals surface area contributed by atoms with E-state index in [1.807, 2.05) is 0 Å². The molecule has 0 aromatic carbocycles. The van der Waals surface area contributed by atoms with Crippen LogP contribution in [0.2, 0.25) is 0 Å². The maximum atomic E-state index is 12.4. The van der Waals surface area contributed by atoms with Crippen LogP contribution in [0, 0.1) is 11.8 Å². The van der Waals surface area contributed by atoms with Crippen LogP contribution in [0.4, 0.5) is 0 Å². The van der Waals surface area contributed by atoms with Crippen molar-refractivity contribution in [3.8, 4) is 0 Å². The zero-order valence-corrected chi connectivity index (χ0v) is 12.6. The lowest BCUT2D eigenvalue weighted by atomic mass is 9.89. The first kappa shape index (κ1) is 14.8. The topological polar surface area (TPSA) is 44.4 Å². The van der Waals surface area contributed by atoms with Crippen LogP contribution in [-0.2, 0) is 4.79 Å². The summed E-state index contributed by atoms with van der Waals surface area (Å²) in [5, 5.41) is 6.65. The Morgan fingerprint density at radius 3 is 2.89 bits per heavy atom. The lowest BCUT2D eigenvalue weighted by Gasteiger charge is -2.37. The van der Waals surface area contributed by atoms with Gasteiger partial charge in [-0.25, -0.2) is 0 Å². The van der Waals surface area contributed by atoms with Gasteiger partial charge in [0.15, 0.2) is 0 Å². The first-order valence-electron chi connectivity index (χ1n) is 7.82. The lowest BCUT2D eigenvalue weighted by molar-refractivity contribution is -0.125. The van der Waals surface area contributed by atoms with Gasteiger partial charge in [0.25, 0.3) is 0 Å². The first-order valence-corrected chi connectivity index (χ1v) is 7.82. The molecule has 2 saturated heterocycles. The molecule has 0 aliphatic carbocycles. The van der Waals surface area contributed by atoms with Crippen LogP contribution in [0.15, 0.2) is 0 Å². The molecule has 2 heterocycles. The van der Waals surface area contributed by atoms with Gasteiger partial charge in [-0.15, -0.1) is 0 Å². The van der Waals surface area contributed by atoms with Crippen molar-refractivity contribution in [2.45, 2.75) is 51.6 Å². The van der Waals surface area contributed by atoms with Gasteiger partial charge >= 0.3 is 0 Å². The summed E-state index contributed by atoms with van der Waals surface area (Å²) in [5.41, 5.74) is 0. The number of nitrogens with one attached hydrogen (secondary N) is 2. The minimum absolute atomic E-state index is 0.0329. The summed E-state index contributed by atoms with van der Waals surface area (Å²) in [6.07, 6.45) is 4.48. The van der Waals surface area contributed by atoms with Crippen molar-refractivity contribution >= 4 is 5.91 Å². The minimum atomic E-state index is 0.0329. The summed E-state index contributed by atoms with van der Waals surface area (Å²) in [7, 11) is 2.16. The minimum Gasteiger partial charge on any atom is -0.352 e. The molecule has 2 N–H and O–H groups in total. The average molecular weight is 267 g/mol. The highest BCUT2D eigenvalue weighted by Gasteiger charge is 2.30. The summed E-state index contributed by atoms with van der Waals surface area (Å²) >= 11 is 0. The molecule has 2 rings (SSSR count). The highest BCUT2D eigenvalue weighted by atomic mass is 16.2. The molecule has 4 unspecified atom stereocenters. The Kier molecular flexibility index (Phi) is 5.22. The van der Waals surface area contributed by atoms with Crippen LogP contribution < -0.4 is 10.6 Å². The summed E-state index contributed by atoms with van der Waals surface area (Å²) in [4.78, 5) is 14.7. The number of piperidine rings is 2.